The molecule has 0 bridgehead atoms. The fraction of sp³-hybridized carbons (Fsp3) is 0.417. The van der Waals surface area contributed by atoms with Crippen molar-refractivity contribution in [2.75, 3.05) is 7.05 Å². The van der Waals surface area contributed by atoms with Crippen LogP contribution in [0.4, 0.5) is 0 Å². The summed E-state index contributed by atoms with van der Waals surface area (Å²) >= 11 is 0. The summed E-state index contributed by atoms with van der Waals surface area (Å²) in [7, 11) is -1.86. The first-order valence-corrected chi connectivity index (χ1v) is 6.77. The van der Waals surface area contributed by atoms with Crippen LogP contribution in [0.3, 0.4) is 0 Å². The van der Waals surface area contributed by atoms with Gasteiger partial charge in [0, 0.05) is 13.1 Å². The van der Waals surface area contributed by atoms with Crippen LogP contribution >= 0.6 is 0 Å². The summed E-state index contributed by atoms with van der Waals surface area (Å²) < 4.78 is 25.5. The molecule has 0 saturated carbocycles. The van der Waals surface area contributed by atoms with E-state index in [1.807, 2.05) is 19.9 Å². The van der Waals surface area contributed by atoms with Crippen LogP contribution in [0.15, 0.2) is 29.2 Å². The molecule has 0 atom stereocenters. The predicted molar refractivity (Wildman–Crippen MR) is 65.8 cm³/mol. The van der Waals surface area contributed by atoms with Gasteiger partial charge in [0.2, 0.25) is 10.0 Å². The summed E-state index contributed by atoms with van der Waals surface area (Å²) in [5.74, 6) is 0. The van der Waals surface area contributed by atoms with Gasteiger partial charge in [-0.3, -0.25) is 0 Å². The van der Waals surface area contributed by atoms with Crippen LogP contribution in [0.2, 0.25) is 0 Å². The minimum absolute atomic E-state index is 0.0845. The van der Waals surface area contributed by atoms with Crippen molar-refractivity contribution in [3.05, 3.63) is 29.8 Å². The fourth-order valence-electron chi connectivity index (χ4n) is 1.31. The Morgan fingerprint density at radius 1 is 1.29 bits per heavy atom. The van der Waals surface area contributed by atoms with Crippen LogP contribution in [0.5, 0.6) is 0 Å². The second-order valence-electron chi connectivity index (χ2n) is 4.09. The highest BCUT2D eigenvalue weighted by molar-refractivity contribution is 7.89. The molecular weight excluding hydrogens is 236 g/mol. The molecule has 1 aromatic carbocycles. The molecule has 0 unspecified atom stereocenters. The van der Waals surface area contributed by atoms with Gasteiger partial charge in [0.25, 0.3) is 0 Å². The fourth-order valence-corrected chi connectivity index (χ4v) is 2.68. The molecule has 0 aliphatic rings. The highest BCUT2D eigenvalue weighted by atomic mass is 32.2. The van der Waals surface area contributed by atoms with Gasteiger partial charge >= 0.3 is 0 Å². The summed E-state index contributed by atoms with van der Waals surface area (Å²) in [5.41, 5.74) is 0.818. The quantitative estimate of drug-likeness (QED) is 0.820. The van der Waals surface area contributed by atoms with Crippen LogP contribution in [-0.4, -0.2) is 25.8 Å². The lowest BCUT2D eigenvalue weighted by Crippen LogP contribution is -2.33. The molecule has 0 spiro atoms. The van der Waals surface area contributed by atoms with Gasteiger partial charge in [0.1, 0.15) is 0 Å². The van der Waals surface area contributed by atoms with Crippen LogP contribution in [-0.2, 0) is 16.4 Å². The van der Waals surface area contributed by atoms with E-state index >= 15 is 0 Å². The number of rotatable bonds is 4. The van der Waals surface area contributed by atoms with Gasteiger partial charge in [-0.15, -0.1) is 0 Å². The first-order valence-electron chi connectivity index (χ1n) is 5.33. The number of benzene rings is 1. The SMILES string of the molecule is CC(C)N(C)S(=O)(=O)c1ccc(CC#N)cc1. The molecule has 0 aliphatic carbocycles. The zero-order valence-corrected chi connectivity index (χ0v) is 11.0. The Morgan fingerprint density at radius 2 is 1.82 bits per heavy atom. The molecule has 0 heterocycles. The van der Waals surface area contributed by atoms with Crippen molar-refractivity contribution in [1.29, 1.82) is 5.26 Å². The molecule has 1 rings (SSSR count). The maximum absolute atomic E-state index is 12.1. The van der Waals surface area contributed by atoms with Crippen molar-refractivity contribution in [3.8, 4) is 6.07 Å². The standard InChI is InChI=1S/C12H16N2O2S/c1-10(2)14(3)17(15,16)12-6-4-11(5-7-12)8-9-13/h4-7,10H,8H2,1-3H3. The van der Waals surface area contributed by atoms with E-state index in [0.29, 0.717) is 6.42 Å². The van der Waals surface area contributed by atoms with Crippen LogP contribution in [0.1, 0.15) is 19.4 Å². The molecule has 5 heteroatoms. The van der Waals surface area contributed by atoms with Crippen molar-refractivity contribution in [2.24, 2.45) is 0 Å². The Kier molecular flexibility index (Phi) is 4.27. The van der Waals surface area contributed by atoms with E-state index in [0.717, 1.165) is 5.56 Å². The molecule has 0 fully saturated rings. The van der Waals surface area contributed by atoms with E-state index in [4.69, 9.17) is 5.26 Å². The molecule has 0 aliphatic heterocycles. The molecular formula is C12H16N2O2S. The molecule has 1 aromatic rings. The van der Waals surface area contributed by atoms with Gasteiger partial charge in [0.15, 0.2) is 0 Å². The van der Waals surface area contributed by atoms with Gasteiger partial charge in [-0.05, 0) is 31.5 Å². The second kappa shape index (κ2) is 5.30. The lowest BCUT2D eigenvalue weighted by atomic mass is 10.2. The Labute approximate surface area is 103 Å². The van der Waals surface area contributed by atoms with E-state index in [1.54, 1.807) is 31.3 Å². The van der Waals surface area contributed by atoms with Gasteiger partial charge in [-0.25, -0.2) is 8.42 Å². The number of sulfonamides is 1. The summed E-state index contributed by atoms with van der Waals surface area (Å²) in [5, 5.41) is 8.53. The Hall–Kier alpha value is -1.38. The molecule has 4 nitrogen and oxygen atoms in total. The second-order valence-corrected chi connectivity index (χ2v) is 6.09. The molecule has 0 aromatic heterocycles. The summed E-state index contributed by atoms with van der Waals surface area (Å²) in [6.07, 6.45) is 0.292. The molecule has 92 valence electrons. The minimum Gasteiger partial charge on any atom is -0.207 e. The van der Waals surface area contributed by atoms with E-state index in [2.05, 4.69) is 0 Å². The van der Waals surface area contributed by atoms with Crippen LogP contribution in [0, 0.1) is 11.3 Å². The first-order chi connectivity index (χ1) is 7.89. The molecule has 0 saturated heterocycles. The Morgan fingerprint density at radius 3 is 2.24 bits per heavy atom. The highest BCUT2D eigenvalue weighted by Gasteiger charge is 2.22. The van der Waals surface area contributed by atoms with E-state index in [9.17, 15) is 8.42 Å². The summed E-state index contributed by atoms with van der Waals surface area (Å²) in [4.78, 5) is 0.260. The molecule has 0 radical (unpaired) electrons. The zero-order chi connectivity index (χ0) is 13.1. The van der Waals surface area contributed by atoms with Gasteiger partial charge < -0.3 is 0 Å². The van der Waals surface area contributed by atoms with Gasteiger partial charge in [-0.2, -0.15) is 9.57 Å². The number of nitrogens with zero attached hydrogens (tertiary/aromatic N) is 2. The Bertz CT molecular complexity index is 512. The third-order valence-corrected chi connectivity index (χ3v) is 4.66. The number of hydrogen-bond donors (Lipinski definition) is 0. The van der Waals surface area contributed by atoms with Crippen molar-refractivity contribution in [2.45, 2.75) is 31.2 Å². The highest BCUT2D eigenvalue weighted by Crippen LogP contribution is 2.17. The topological polar surface area (TPSA) is 61.2 Å². The lowest BCUT2D eigenvalue weighted by Gasteiger charge is -2.20. The Balaban J connectivity index is 3.05. The van der Waals surface area contributed by atoms with Gasteiger partial charge in [0.05, 0.1) is 17.4 Å². The van der Waals surface area contributed by atoms with Crippen molar-refractivity contribution in [1.82, 2.24) is 4.31 Å². The zero-order valence-electron chi connectivity index (χ0n) is 10.2. The number of nitriles is 1. The lowest BCUT2D eigenvalue weighted by molar-refractivity contribution is 0.410. The largest absolute Gasteiger partial charge is 0.243 e. The maximum atomic E-state index is 12.1. The van der Waals surface area contributed by atoms with E-state index in [1.165, 1.54) is 4.31 Å². The summed E-state index contributed by atoms with van der Waals surface area (Å²) in [6.45, 7) is 3.64. The van der Waals surface area contributed by atoms with E-state index < -0.39 is 10.0 Å². The smallest absolute Gasteiger partial charge is 0.207 e. The van der Waals surface area contributed by atoms with Crippen LogP contribution in [0.25, 0.3) is 0 Å². The third kappa shape index (κ3) is 3.05. The predicted octanol–water partition coefficient (Wildman–Crippen LogP) is 1.78. The average Bonchev–Trinajstić information content (AvgIpc) is 2.29. The molecule has 0 N–H and O–H groups in total. The average molecular weight is 252 g/mol. The number of hydrogen-bond acceptors (Lipinski definition) is 3. The maximum Gasteiger partial charge on any atom is 0.243 e. The first kappa shape index (κ1) is 13.7. The van der Waals surface area contributed by atoms with Crippen molar-refractivity contribution in [3.63, 3.8) is 0 Å². The minimum atomic E-state index is -3.42. The molecule has 17 heavy (non-hydrogen) atoms. The van der Waals surface area contributed by atoms with Crippen molar-refractivity contribution >= 4 is 10.0 Å². The third-order valence-electron chi connectivity index (χ3n) is 2.61. The monoisotopic (exact) mass is 252 g/mol. The summed E-state index contributed by atoms with van der Waals surface area (Å²) in [6, 6.07) is 8.37. The normalized spacial score (nSPS) is 11.8. The van der Waals surface area contributed by atoms with E-state index in [-0.39, 0.29) is 10.9 Å². The van der Waals surface area contributed by atoms with Crippen LogP contribution < -0.4 is 0 Å². The molecule has 0 amide bonds. The van der Waals surface area contributed by atoms with Gasteiger partial charge in [-0.1, -0.05) is 12.1 Å². The van der Waals surface area contributed by atoms with Crippen molar-refractivity contribution < 1.29 is 8.42 Å².